The Morgan fingerprint density at radius 1 is 0.397 bits per heavy atom. The molecular formula is C67H82N2O4. The second-order valence-electron chi connectivity index (χ2n) is 25.3. The molecule has 0 unspecified atom stereocenters. The lowest BCUT2D eigenvalue weighted by atomic mass is 9.80. The summed E-state index contributed by atoms with van der Waals surface area (Å²) in [5, 5.41) is 7.48. The van der Waals surface area contributed by atoms with Crippen molar-refractivity contribution in [2.24, 2.45) is 0 Å². The van der Waals surface area contributed by atoms with Crippen LogP contribution in [0.25, 0.3) is 0 Å². The number of hydrogen-bond acceptors (Lipinski definition) is 6. The number of carbonyl (C=O) groups excluding carboxylic acids is 2. The molecule has 0 aliphatic carbocycles. The van der Waals surface area contributed by atoms with Gasteiger partial charge in [-0.3, -0.25) is 9.59 Å². The maximum Gasteiger partial charge on any atom is 0.310 e. The van der Waals surface area contributed by atoms with E-state index in [4.69, 9.17) is 9.47 Å². The van der Waals surface area contributed by atoms with Crippen LogP contribution in [0, 0.1) is 0 Å². The zero-order valence-electron chi connectivity index (χ0n) is 45.9. The van der Waals surface area contributed by atoms with Crippen molar-refractivity contribution >= 4 is 11.9 Å². The Hall–Kier alpha value is -5.82. The van der Waals surface area contributed by atoms with Gasteiger partial charge in [-0.1, -0.05) is 229 Å². The van der Waals surface area contributed by atoms with Crippen molar-refractivity contribution in [3.63, 3.8) is 0 Å². The van der Waals surface area contributed by atoms with E-state index in [2.05, 4.69) is 215 Å². The van der Waals surface area contributed by atoms with Crippen molar-refractivity contribution in [3.8, 4) is 0 Å². The normalized spacial score (nSPS) is 18.6. The Morgan fingerprint density at radius 3 is 0.890 bits per heavy atom. The van der Waals surface area contributed by atoms with Gasteiger partial charge in [0.2, 0.25) is 0 Å². The van der Waals surface area contributed by atoms with E-state index in [9.17, 15) is 9.59 Å². The topological polar surface area (TPSA) is 76.7 Å². The molecule has 6 aromatic carbocycles. The third-order valence-corrected chi connectivity index (χ3v) is 15.3. The standard InChI is InChI=1S/C67H82N2O4/c1-64(2,3)52-29-21-48(22-30-52)62(49-23-31-53(32-24-49)65(4,5)6)58-40-56(42-68-58)72-60(70)38-46-17-13-44(14-18-46)37-45-15-19-47(20-16-45)39-61(71)73-57-41-59(69-43-57)63(50-25-33-54(34-26-50)66(7,8)9)51-27-35-55(36-28-51)67(10,11)12/h13-36,56-59,62-63,68-69H,37-43H2,1-12H3/t56-,57-,58-,59-/m1/s1. The van der Waals surface area contributed by atoms with Gasteiger partial charge in [0.05, 0.1) is 12.8 Å². The fourth-order valence-corrected chi connectivity index (χ4v) is 10.8. The number of ether oxygens (including phenoxy) is 2. The molecule has 0 radical (unpaired) electrons. The van der Waals surface area contributed by atoms with Crippen LogP contribution in [0.2, 0.25) is 0 Å². The number of benzene rings is 6. The monoisotopic (exact) mass is 979 g/mol. The zero-order valence-corrected chi connectivity index (χ0v) is 45.9. The predicted molar refractivity (Wildman–Crippen MR) is 300 cm³/mol. The van der Waals surface area contributed by atoms with E-state index < -0.39 is 0 Å². The van der Waals surface area contributed by atoms with Gasteiger partial charge in [0.25, 0.3) is 0 Å². The minimum Gasteiger partial charge on any atom is -0.461 e. The van der Waals surface area contributed by atoms with Gasteiger partial charge in [-0.25, -0.2) is 0 Å². The summed E-state index contributed by atoms with van der Waals surface area (Å²) in [6.45, 7) is 28.3. The predicted octanol–water partition coefficient (Wildman–Crippen LogP) is 13.8. The molecule has 384 valence electrons. The molecule has 2 aliphatic heterocycles. The first-order valence-electron chi connectivity index (χ1n) is 26.9. The van der Waals surface area contributed by atoms with Crippen molar-refractivity contribution < 1.29 is 19.1 Å². The summed E-state index contributed by atoms with van der Waals surface area (Å²) in [6.07, 6.45) is 2.32. The molecule has 6 aromatic rings. The minimum absolute atomic E-state index is 0.0773. The number of esters is 2. The number of rotatable bonds is 14. The van der Waals surface area contributed by atoms with Crippen molar-refractivity contribution in [2.45, 2.75) is 173 Å². The van der Waals surface area contributed by atoms with Crippen LogP contribution < -0.4 is 10.6 Å². The smallest absolute Gasteiger partial charge is 0.310 e. The summed E-state index contributed by atoms with van der Waals surface area (Å²) in [7, 11) is 0. The van der Waals surface area contributed by atoms with Crippen LogP contribution in [0.1, 0.15) is 175 Å². The van der Waals surface area contributed by atoms with Crippen LogP contribution in [0.4, 0.5) is 0 Å². The first kappa shape index (κ1) is 53.5. The highest BCUT2D eigenvalue weighted by Crippen LogP contribution is 2.38. The molecule has 0 spiro atoms. The van der Waals surface area contributed by atoms with Gasteiger partial charge in [0, 0.05) is 49.9 Å². The van der Waals surface area contributed by atoms with E-state index >= 15 is 0 Å². The highest BCUT2D eigenvalue weighted by molar-refractivity contribution is 5.73. The molecule has 2 aliphatic rings. The van der Waals surface area contributed by atoms with E-state index in [1.165, 1.54) is 44.5 Å². The largest absolute Gasteiger partial charge is 0.461 e. The summed E-state index contributed by atoms with van der Waals surface area (Å²) in [5.74, 6) is -0.143. The van der Waals surface area contributed by atoms with Crippen LogP contribution in [-0.4, -0.2) is 49.3 Å². The van der Waals surface area contributed by atoms with Gasteiger partial charge in [0.1, 0.15) is 12.2 Å². The minimum atomic E-state index is -0.202. The SMILES string of the molecule is CC(C)(C)c1ccc(C(c2ccc(C(C)(C)C)cc2)[C@H]2C[C@@H](OC(=O)Cc3ccc(Cc4ccc(CC(=O)O[C@H]5CN[C@@H](C(c6ccc(C(C)(C)C)cc6)c6ccc(C(C)(C)C)cc6)C5)cc4)cc3)CN2)cc1. The van der Waals surface area contributed by atoms with Crippen molar-refractivity contribution in [3.05, 3.63) is 212 Å². The average molecular weight is 979 g/mol. The number of hydrogen-bond donors (Lipinski definition) is 2. The molecule has 0 amide bonds. The molecule has 0 saturated carbocycles. The van der Waals surface area contributed by atoms with Gasteiger partial charge in [-0.2, -0.15) is 0 Å². The van der Waals surface area contributed by atoms with Gasteiger partial charge in [0.15, 0.2) is 0 Å². The highest BCUT2D eigenvalue weighted by Gasteiger charge is 2.36. The van der Waals surface area contributed by atoms with Gasteiger partial charge >= 0.3 is 11.9 Å². The van der Waals surface area contributed by atoms with Crippen molar-refractivity contribution in [2.75, 3.05) is 13.1 Å². The van der Waals surface area contributed by atoms with E-state index in [0.717, 1.165) is 41.5 Å². The Bertz CT molecular complexity index is 2460. The molecule has 2 heterocycles. The molecule has 6 nitrogen and oxygen atoms in total. The Morgan fingerprint density at radius 2 is 0.644 bits per heavy atom. The molecule has 2 fully saturated rings. The van der Waals surface area contributed by atoms with Gasteiger partial charge in [-0.15, -0.1) is 0 Å². The quantitative estimate of drug-likeness (QED) is 0.106. The lowest BCUT2D eigenvalue weighted by molar-refractivity contribution is -0.148. The van der Waals surface area contributed by atoms with Crippen molar-refractivity contribution in [1.29, 1.82) is 0 Å². The fourth-order valence-electron chi connectivity index (χ4n) is 10.8. The summed E-state index contributed by atoms with van der Waals surface area (Å²) < 4.78 is 12.3. The van der Waals surface area contributed by atoms with Crippen LogP contribution in [0.5, 0.6) is 0 Å². The second-order valence-corrected chi connectivity index (χ2v) is 25.3. The lowest BCUT2D eigenvalue weighted by Gasteiger charge is -2.27. The molecular weight excluding hydrogens is 897 g/mol. The summed E-state index contributed by atoms with van der Waals surface area (Å²) >= 11 is 0. The number of carbonyl (C=O) groups is 2. The van der Waals surface area contributed by atoms with Crippen molar-refractivity contribution in [1.82, 2.24) is 10.6 Å². The molecule has 2 N–H and O–H groups in total. The average Bonchev–Trinajstić information content (AvgIpc) is 3.99. The van der Waals surface area contributed by atoms with E-state index in [1.807, 2.05) is 24.3 Å². The molecule has 6 heteroatoms. The zero-order chi connectivity index (χ0) is 52.3. The molecule has 4 atom stereocenters. The second kappa shape index (κ2) is 21.9. The van der Waals surface area contributed by atoms with Crippen LogP contribution in [-0.2, 0) is 60.0 Å². The third-order valence-electron chi connectivity index (χ3n) is 15.3. The Kier molecular flexibility index (Phi) is 16.1. The third kappa shape index (κ3) is 13.9. The number of nitrogens with one attached hydrogen (secondary N) is 2. The molecule has 0 aromatic heterocycles. The van der Waals surface area contributed by atoms with Gasteiger partial charge in [-0.05, 0) is 94.8 Å². The van der Waals surface area contributed by atoms with Gasteiger partial charge < -0.3 is 20.1 Å². The van der Waals surface area contributed by atoms with Crippen LogP contribution in [0.3, 0.4) is 0 Å². The molecule has 73 heavy (non-hydrogen) atoms. The molecule has 0 bridgehead atoms. The fraction of sp³-hybridized carbons (Fsp3) is 0.433. The van der Waals surface area contributed by atoms with E-state index in [-0.39, 0.29) is 82.6 Å². The maximum atomic E-state index is 13.4. The summed E-state index contributed by atoms with van der Waals surface area (Å²) in [6, 6.07) is 53.1. The Labute approximate surface area is 438 Å². The molecule has 8 rings (SSSR count). The first-order valence-corrected chi connectivity index (χ1v) is 26.9. The maximum absolute atomic E-state index is 13.4. The van der Waals surface area contributed by atoms with Crippen LogP contribution in [0.15, 0.2) is 146 Å². The first-order chi connectivity index (χ1) is 34.5. The lowest BCUT2D eigenvalue weighted by Crippen LogP contribution is -2.30. The highest BCUT2D eigenvalue weighted by atomic mass is 16.5. The Balaban J connectivity index is 0.818. The van der Waals surface area contributed by atoms with E-state index in [0.29, 0.717) is 13.1 Å². The summed E-state index contributed by atoms with van der Waals surface area (Å²) in [5.41, 5.74) is 14.8. The van der Waals surface area contributed by atoms with E-state index in [1.54, 1.807) is 0 Å². The molecule has 2 saturated heterocycles. The van der Waals surface area contributed by atoms with Crippen LogP contribution >= 0.6 is 0 Å². The summed E-state index contributed by atoms with van der Waals surface area (Å²) in [4.78, 5) is 26.7.